The lowest BCUT2D eigenvalue weighted by molar-refractivity contribution is -0.135. The minimum atomic E-state index is -4.05. The van der Waals surface area contributed by atoms with Crippen molar-refractivity contribution in [1.82, 2.24) is 5.32 Å². The lowest BCUT2D eigenvalue weighted by Crippen LogP contribution is -2.36. The Morgan fingerprint density at radius 3 is 2.50 bits per heavy atom. The maximum atomic E-state index is 12.1. The van der Waals surface area contributed by atoms with Crippen molar-refractivity contribution in [2.45, 2.75) is 57.8 Å². The molecule has 5 heteroatoms. The highest BCUT2D eigenvalue weighted by Crippen LogP contribution is 2.22. The zero-order valence-electron chi connectivity index (χ0n) is 11.8. The monoisotopic (exact) mass is 307 g/mol. The van der Waals surface area contributed by atoms with Crippen molar-refractivity contribution in [2.24, 2.45) is 0 Å². The number of rotatable bonds is 7. The van der Waals surface area contributed by atoms with Crippen LogP contribution in [-0.2, 0) is 6.42 Å². The second-order valence-electron chi connectivity index (χ2n) is 5.31. The highest BCUT2D eigenvalue weighted by Gasteiger charge is 2.26. The lowest BCUT2D eigenvalue weighted by Gasteiger charge is -2.20. The Labute approximate surface area is 123 Å². The topological polar surface area (TPSA) is 12.0 Å². The normalized spacial score (nSPS) is 15.1. The highest BCUT2D eigenvalue weighted by atomic mass is 35.5. The first-order chi connectivity index (χ1) is 9.26. The van der Waals surface area contributed by atoms with Gasteiger partial charge in [0.25, 0.3) is 0 Å². The Morgan fingerprint density at radius 1 is 1.20 bits per heavy atom. The molecule has 1 N–H and O–H groups in total. The summed E-state index contributed by atoms with van der Waals surface area (Å²) in [5, 5.41) is 4.03. The van der Waals surface area contributed by atoms with Gasteiger partial charge in [0.2, 0.25) is 0 Å². The number of nitrogens with one attached hydrogen (secondary N) is 1. The molecule has 2 atom stereocenters. The molecule has 0 spiro atoms. The largest absolute Gasteiger partial charge is 0.389 e. The second-order valence-corrected chi connectivity index (χ2v) is 5.75. The summed E-state index contributed by atoms with van der Waals surface area (Å²) in [5.74, 6) is 0. The maximum absolute atomic E-state index is 12.1. The first kappa shape index (κ1) is 17.3. The highest BCUT2D eigenvalue weighted by molar-refractivity contribution is 6.30. The third-order valence-corrected chi connectivity index (χ3v) is 3.33. The third kappa shape index (κ3) is 7.75. The molecular weight excluding hydrogens is 287 g/mol. The molecule has 1 nitrogen and oxygen atoms in total. The summed E-state index contributed by atoms with van der Waals surface area (Å²) in [6.45, 7) is 3.95. The van der Waals surface area contributed by atoms with Crippen LogP contribution < -0.4 is 5.32 Å². The Morgan fingerprint density at radius 2 is 1.90 bits per heavy atom. The fraction of sp³-hybridized carbons (Fsp3) is 0.600. The van der Waals surface area contributed by atoms with Crippen LogP contribution in [0, 0.1) is 0 Å². The number of hydrogen-bond donors (Lipinski definition) is 1. The molecule has 0 amide bonds. The van der Waals surface area contributed by atoms with E-state index in [2.05, 4.69) is 5.32 Å². The molecule has 1 rings (SSSR count). The molecule has 0 aromatic heterocycles. The summed E-state index contributed by atoms with van der Waals surface area (Å²) < 4.78 is 36.2. The summed E-state index contributed by atoms with van der Waals surface area (Å²) >= 11 is 5.92. The molecule has 0 fully saturated rings. The van der Waals surface area contributed by atoms with E-state index in [4.69, 9.17) is 11.6 Å². The van der Waals surface area contributed by atoms with Gasteiger partial charge in [-0.25, -0.2) is 0 Å². The molecule has 1 aromatic carbocycles. The van der Waals surface area contributed by atoms with Gasteiger partial charge in [0.1, 0.15) is 0 Å². The van der Waals surface area contributed by atoms with Gasteiger partial charge in [-0.15, -0.1) is 0 Å². The van der Waals surface area contributed by atoms with Gasteiger partial charge in [-0.1, -0.05) is 23.7 Å². The van der Waals surface area contributed by atoms with Gasteiger partial charge < -0.3 is 5.32 Å². The van der Waals surface area contributed by atoms with Gasteiger partial charge >= 0.3 is 6.18 Å². The standard InChI is InChI=1S/C15H21ClF3N/c1-11(5-4-8-15(17,18)19)20-12(2)9-13-6-3-7-14(16)10-13/h3,6-7,10-12,20H,4-5,8-9H2,1-2H3. The zero-order chi connectivity index (χ0) is 15.2. The van der Waals surface area contributed by atoms with E-state index >= 15 is 0 Å². The number of benzene rings is 1. The Bertz CT molecular complexity index is 406. The van der Waals surface area contributed by atoms with Crippen LogP contribution in [0.3, 0.4) is 0 Å². The Hall–Kier alpha value is -0.740. The van der Waals surface area contributed by atoms with Gasteiger partial charge in [0, 0.05) is 23.5 Å². The molecule has 1 aromatic rings. The summed E-state index contributed by atoms with van der Waals surface area (Å²) in [6.07, 6.45) is -3.25. The van der Waals surface area contributed by atoms with Crippen molar-refractivity contribution >= 4 is 11.6 Å². The van der Waals surface area contributed by atoms with E-state index in [9.17, 15) is 13.2 Å². The summed E-state index contributed by atoms with van der Waals surface area (Å²) in [4.78, 5) is 0. The van der Waals surface area contributed by atoms with Gasteiger partial charge in [-0.05, 0) is 50.8 Å². The minimum absolute atomic E-state index is 0.0755. The van der Waals surface area contributed by atoms with Crippen LogP contribution in [0.2, 0.25) is 5.02 Å². The molecule has 0 saturated heterocycles. The predicted octanol–water partition coefficient (Wildman–Crippen LogP) is 4.98. The quantitative estimate of drug-likeness (QED) is 0.749. The molecule has 2 unspecified atom stereocenters. The molecule has 0 heterocycles. The molecular formula is C15H21ClF3N. The van der Waals surface area contributed by atoms with Crippen LogP contribution in [-0.4, -0.2) is 18.3 Å². The van der Waals surface area contributed by atoms with Crippen LogP contribution in [0.5, 0.6) is 0 Å². The minimum Gasteiger partial charge on any atom is -0.311 e. The van der Waals surface area contributed by atoms with Crippen molar-refractivity contribution < 1.29 is 13.2 Å². The van der Waals surface area contributed by atoms with Crippen molar-refractivity contribution in [2.75, 3.05) is 0 Å². The van der Waals surface area contributed by atoms with E-state index in [1.807, 2.05) is 38.1 Å². The fourth-order valence-electron chi connectivity index (χ4n) is 2.25. The van der Waals surface area contributed by atoms with Crippen molar-refractivity contribution in [3.63, 3.8) is 0 Å². The van der Waals surface area contributed by atoms with Gasteiger partial charge in [0.15, 0.2) is 0 Å². The van der Waals surface area contributed by atoms with Crippen LogP contribution in [0.1, 0.15) is 38.7 Å². The van der Waals surface area contributed by atoms with Crippen LogP contribution in [0.25, 0.3) is 0 Å². The van der Waals surface area contributed by atoms with E-state index in [0.29, 0.717) is 11.4 Å². The van der Waals surface area contributed by atoms with E-state index in [1.54, 1.807) is 0 Å². The Kier molecular flexibility index (Phi) is 6.83. The van der Waals surface area contributed by atoms with Gasteiger partial charge in [-0.2, -0.15) is 13.2 Å². The van der Waals surface area contributed by atoms with E-state index < -0.39 is 12.6 Å². The van der Waals surface area contributed by atoms with Gasteiger partial charge in [-0.3, -0.25) is 0 Å². The smallest absolute Gasteiger partial charge is 0.311 e. The number of halogens is 4. The van der Waals surface area contributed by atoms with Crippen molar-refractivity contribution in [3.05, 3.63) is 34.9 Å². The van der Waals surface area contributed by atoms with Crippen LogP contribution in [0.15, 0.2) is 24.3 Å². The average Bonchev–Trinajstić information content (AvgIpc) is 2.26. The summed E-state index contributed by atoms with van der Waals surface area (Å²) in [7, 11) is 0. The van der Waals surface area contributed by atoms with Crippen molar-refractivity contribution in [3.8, 4) is 0 Å². The molecule has 20 heavy (non-hydrogen) atoms. The van der Waals surface area contributed by atoms with Gasteiger partial charge in [0.05, 0.1) is 0 Å². The van der Waals surface area contributed by atoms with Crippen LogP contribution >= 0.6 is 11.6 Å². The predicted molar refractivity (Wildman–Crippen MR) is 77.1 cm³/mol. The molecule has 0 saturated carbocycles. The summed E-state index contributed by atoms with van der Waals surface area (Å²) in [6, 6.07) is 7.91. The number of alkyl halides is 3. The molecule has 114 valence electrons. The first-order valence-corrected chi connectivity index (χ1v) is 7.21. The second kappa shape index (κ2) is 7.89. The molecule has 0 aliphatic heterocycles. The third-order valence-electron chi connectivity index (χ3n) is 3.10. The fourth-order valence-corrected chi connectivity index (χ4v) is 2.47. The van der Waals surface area contributed by atoms with Crippen molar-refractivity contribution in [1.29, 1.82) is 0 Å². The lowest BCUT2D eigenvalue weighted by atomic mass is 10.0. The Balaban J connectivity index is 2.29. The number of hydrogen-bond acceptors (Lipinski definition) is 1. The molecule has 0 bridgehead atoms. The van der Waals surface area contributed by atoms with E-state index in [0.717, 1.165) is 12.0 Å². The summed E-state index contributed by atoms with van der Waals surface area (Å²) in [5.41, 5.74) is 1.12. The SMILES string of the molecule is CC(CCCC(F)(F)F)NC(C)Cc1cccc(Cl)c1. The average molecular weight is 308 g/mol. The zero-order valence-corrected chi connectivity index (χ0v) is 12.6. The molecule has 0 aliphatic rings. The van der Waals surface area contributed by atoms with Crippen LogP contribution in [0.4, 0.5) is 13.2 Å². The molecule has 0 aliphatic carbocycles. The first-order valence-electron chi connectivity index (χ1n) is 6.83. The maximum Gasteiger partial charge on any atom is 0.389 e. The van der Waals surface area contributed by atoms with E-state index in [1.165, 1.54) is 0 Å². The molecule has 0 radical (unpaired) electrons. The van der Waals surface area contributed by atoms with E-state index in [-0.39, 0.29) is 18.5 Å².